The van der Waals surface area contributed by atoms with Crippen LogP contribution in [0.2, 0.25) is 0 Å². The molecule has 32 heavy (non-hydrogen) atoms. The van der Waals surface area contributed by atoms with Crippen molar-refractivity contribution in [1.82, 2.24) is 10.2 Å². The fourth-order valence-electron chi connectivity index (χ4n) is 3.81. The number of aliphatic carboxylic acids is 1. The minimum atomic E-state index is -1.13. The standard InChI is InChI=1S/C23H27N3O5.ClH/c24-18(13-16-8-10-17(27)11-9-16)22(29)26-12-4-7-20(26)21(28)25-19(23(30)31)14-15-5-2-1-3-6-15;/h1-3,5-6,8-11,18-20,27H,4,7,12-14,24H2,(H,25,28)(H,30,31);1H/t18-,19-,20-;/m0./s1. The second-order valence-electron chi connectivity index (χ2n) is 7.76. The SMILES string of the molecule is Cl.N[C@@H](Cc1ccc(O)cc1)C(=O)N1CCC[C@H]1C(=O)N[C@@H](Cc1ccccc1)C(=O)O. The molecule has 1 aliphatic rings. The zero-order chi connectivity index (χ0) is 22.4. The number of nitrogens with one attached hydrogen (secondary N) is 1. The van der Waals surface area contributed by atoms with E-state index in [4.69, 9.17) is 5.73 Å². The first-order valence-corrected chi connectivity index (χ1v) is 10.3. The van der Waals surface area contributed by atoms with Crippen molar-refractivity contribution in [3.8, 4) is 5.75 Å². The minimum Gasteiger partial charge on any atom is -0.508 e. The average molecular weight is 462 g/mol. The van der Waals surface area contributed by atoms with Crippen LogP contribution in [0.4, 0.5) is 0 Å². The van der Waals surface area contributed by atoms with Gasteiger partial charge in [0.05, 0.1) is 6.04 Å². The van der Waals surface area contributed by atoms with Gasteiger partial charge in [-0.25, -0.2) is 4.79 Å². The van der Waals surface area contributed by atoms with E-state index in [9.17, 15) is 24.6 Å². The van der Waals surface area contributed by atoms with E-state index in [-0.39, 0.29) is 36.9 Å². The predicted molar refractivity (Wildman–Crippen MR) is 121 cm³/mol. The van der Waals surface area contributed by atoms with Gasteiger partial charge in [0, 0.05) is 13.0 Å². The summed E-state index contributed by atoms with van der Waals surface area (Å²) in [6.45, 7) is 0.399. The van der Waals surface area contributed by atoms with E-state index in [1.165, 1.54) is 17.0 Å². The van der Waals surface area contributed by atoms with Gasteiger partial charge in [0.25, 0.3) is 0 Å². The highest BCUT2D eigenvalue weighted by Crippen LogP contribution is 2.20. The van der Waals surface area contributed by atoms with Gasteiger partial charge in [0.2, 0.25) is 11.8 Å². The van der Waals surface area contributed by atoms with Crippen molar-refractivity contribution < 1.29 is 24.6 Å². The number of amides is 2. The lowest BCUT2D eigenvalue weighted by molar-refractivity contribution is -0.144. The second kappa shape index (κ2) is 11.5. The Morgan fingerprint density at radius 2 is 1.66 bits per heavy atom. The van der Waals surface area contributed by atoms with Crippen LogP contribution in [-0.4, -0.2) is 57.6 Å². The summed E-state index contributed by atoms with van der Waals surface area (Å²) in [4.78, 5) is 38.9. The van der Waals surface area contributed by atoms with E-state index in [0.717, 1.165) is 11.1 Å². The van der Waals surface area contributed by atoms with E-state index in [0.29, 0.717) is 19.4 Å². The van der Waals surface area contributed by atoms with Crippen molar-refractivity contribution >= 4 is 30.2 Å². The molecule has 3 atom stereocenters. The van der Waals surface area contributed by atoms with Crippen molar-refractivity contribution in [3.05, 3.63) is 65.7 Å². The van der Waals surface area contributed by atoms with Gasteiger partial charge >= 0.3 is 5.97 Å². The van der Waals surface area contributed by atoms with Gasteiger partial charge in [0.1, 0.15) is 17.8 Å². The molecular formula is C23H28ClN3O5. The number of phenols is 1. The molecule has 2 aromatic rings. The van der Waals surface area contributed by atoms with E-state index in [2.05, 4.69) is 5.32 Å². The van der Waals surface area contributed by atoms with Gasteiger partial charge in [-0.05, 0) is 42.5 Å². The molecule has 2 amide bonds. The van der Waals surface area contributed by atoms with Crippen molar-refractivity contribution in [2.45, 2.75) is 43.8 Å². The molecule has 5 N–H and O–H groups in total. The van der Waals surface area contributed by atoms with E-state index in [1.807, 2.05) is 18.2 Å². The Bertz CT molecular complexity index is 923. The Morgan fingerprint density at radius 3 is 2.28 bits per heavy atom. The number of benzene rings is 2. The number of rotatable bonds is 8. The fraction of sp³-hybridized carbons (Fsp3) is 0.348. The fourth-order valence-corrected chi connectivity index (χ4v) is 3.81. The molecule has 0 radical (unpaired) electrons. The molecule has 3 rings (SSSR count). The van der Waals surface area contributed by atoms with Crippen LogP contribution in [0.5, 0.6) is 5.75 Å². The molecule has 0 saturated carbocycles. The maximum Gasteiger partial charge on any atom is 0.326 e. The highest BCUT2D eigenvalue weighted by atomic mass is 35.5. The van der Waals surface area contributed by atoms with E-state index >= 15 is 0 Å². The van der Waals surface area contributed by atoms with Crippen molar-refractivity contribution in [3.63, 3.8) is 0 Å². The molecule has 0 spiro atoms. The van der Waals surface area contributed by atoms with Crippen LogP contribution in [0.25, 0.3) is 0 Å². The number of carboxylic acids is 1. The molecule has 0 aromatic heterocycles. The topological polar surface area (TPSA) is 133 Å². The molecule has 1 heterocycles. The third-order valence-corrected chi connectivity index (χ3v) is 5.44. The minimum absolute atomic E-state index is 0. The maximum absolute atomic E-state index is 12.9. The van der Waals surface area contributed by atoms with Crippen LogP contribution in [-0.2, 0) is 27.2 Å². The van der Waals surface area contributed by atoms with Crippen LogP contribution >= 0.6 is 12.4 Å². The zero-order valence-electron chi connectivity index (χ0n) is 17.5. The average Bonchev–Trinajstić information content (AvgIpc) is 3.25. The number of hydrogen-bond acceptors (Lipinski definition) is 5. The van der Waals surface area contributed by atoms with Gasteiger partial charge in [-0.2, -0.15) is 0 Å². The van der Waals surface area contributed by atoms with Crippen LogP contribution in [0.3, 0.4) is 0 Å². The van der Waals surface area contributed by atoms with Crippen LogP contribution in [0.15, 0.2) is 54.6 Å². The number of carbonyl (C=O) groups excluding carboxylic acids is 2. The zero-order valence-corrected chi connectivity index (χ0v) is 18.3. The Labute approximate surface area is 192 Å². The molecule has 1 saturated heterocycles. The molecule has 1 aliphatic heterocycles. The smallest absolute Gasteiger partial charge is 0.326 e. The number of hydrogen-bond donors (Lipinski definition) is 4. The third-order valence-electron chi connectivity index (χ3n) is 5.44. The monoisotopic (exact) mass is 461 g/mol. The predicted octanol–water partition coefficient (Wildman–Crippen LogP) is 1.49. The number of carbonyl (C=O) groups is 3. The largest absolute Gasteiger partial charge is 0.508 e. The summed E-state index contributed by atoms with van der Waals surface area (Å²) in [6, 6.07) is 12.8. The van der Waals surface area contributed by atoms with E-state index < -0.39 is 30.0 Å². The molecular weight excluding hydrogens is 434 g/mol. The van der Waals surface area contributed by atoms with Gasteiger partial charge in [-0.15, -0.1) is 12.4 Å². The van der Waals surface area contributed by atoms with Gasteiger partial charge in [-0.3, -0.25) is 9.59 Å². The summed E-state index contributed by atoms with van der Waals surface area (Å²) >= 11 is 0. The first-order valence-electron chi connectivity index (χ1n) is 10.3. The van der Waals surface area contributed by atoms with Crippen molar-refractivity contribution in [1.29, 1.82) is 0 Å². The number of phenolic OH excluding ortho intramolecular Hbond substituents is 1. The first kappa shape index (κ1) is 25.2. The number of nitrogens with zero attached hydrogens (tertiary/aromatic N) is 1. The highest BCUT2D eigenvalue weighted by molar-refractivity contribution is 5.92. The Kier molecular flexibility index (Phi) is 9.04. The van der Waals surface area contributed by atoms with E-state index in [1.54, 1.807) is 24.3 Å². The summed E-state index contributed by atoms with van der Waals surface area (Å²) in [6.07, 6.45) is 1.53. The van der Waals surface area contributed by atoms with Gasteiger partial charge in [-0.1, -0.05) is 42.5 Å². The number of likely N-dealkylation sites (tertiary alicyclic amines) is 1. The molecule has 8 nitrogen and oxygen atoms in total. The first-order chi connectivity index (χ1) is 14.8. The molecule has 1 fully saturated rings. The number of halogens is 1. The Morgan fingerprint density at radius 1 is 1.03 bits per heavy atom. The summed E-state index contributed by atoms with van der Waals surface area (Å²) in [5, 5.41) is 21.5. The van der Waals surface area contributed by atoms with Crippen LogP contribution < -0.4 is 11.1 Å². The third kappa shape index (κ3) is 6.45. The molecule has 172 valence electrons. The molecule has 9 heteroatoms. The van der Waals surface area contributed by atoms with Crippen molar-refractivity contribution in [2.24, 2.45) is 5.73 Å². The second-order valence-corrected chi connectivity index (χ2v) is 7.76. The van der Waals surface area contributed by atoms with Gasteiger partial charge in [0.15, 0.2) is 0 Å². The molecule has 0 aliphatic carbocycles. The number of aromatic hydroxyl groups is 1. The maximum atomic E-state index is 12.9. The Balaban J connectivity index is 0.00000363. The number of nitrogens with two attached hydrogens (primary N) is 1. The molecule has 0 bridgehead atoms. The van der Waals surface area contributed by atoms with Crippen LogP contribution in [0.1, 0.15) is 24.0 Å². The summed E-state index contributed by atoms with van der Waals surface area (Å²) in [5.41, 5.74) is 7.70. The van der Waals surface area contributed by atoms with Crippen LogP contribution in [0, 0.1) is 0 Å². The lowest BCUT2D eigenvalue weighted by Gasteiger charge is -2.28. The quantitative estimate of drug-likeness (QED) is 0.470. The highest BCUT2D eigenvalue weighted by Gasteiger charge is 2.37. The van der Waals surface area contributed by atoms with Gasteiger partial charge < -0.3 is 26.2 Å². The summed E-state index contributed by atoms with van der Waals surface area (Å²) in [7, 11) is 0. The normalized spacial score (nSPS) is 17.2. The lowest BCUT2D eigenvalue weighted by atomic mass is 10.0. The molecule has 0 unspecified atom stereocenters. The van der Waals surface area contributed by atoms with Crippen molar-refractivity contribution in [2.75, 3.05) is 6.54 Å². The summed E-state index contributed by atoms with van der Waals surface area (Å²) in [5.74, 6) is -1.83. The molecule has 2 aromatic carbocycles. The Hall–Kier alpha value is -3.10. The lowest BCUT2D eigenvalue weighted by Crippen LogP contribution is -2.54. The number of carboxylic acid groups (broad SMARTS) is 1. The summed E-state index contributed by atoms with van der Waals surface area (Å²) < 4.78 is 0.